The Hall–Kier alpha value is -1.81. The Balaban J connectivity index is 0.000000293. The van der Waals surface area contributed by atoms with Gasteiger partial charge in [-0.1, -0.05) is 131 Å². The summed E-state index contributed by atoms with van der Waals surface area (Å²) < 4.78 is 3.70. The summed E-state index contributed by atoms with van der Waals surface area (Å²) in [5.74, 6) is 3.05. The summed E-state index contributed by atoms with van der Waals surface area (Å²) in [6.45, 7) is 29.3. The van der Waals surface area contributed by atoms with Crippen molar-refractivity contribution in [3.8, 4) is 0 Å². The average molecular weight is 549 g/mol. The van der Waals surface area contributed by atoms with Gasteiger partial charge in [-0.25, -0.2) is 4.98 Å². The van der Waals surface area contributed by atoms with Crippen molar-refractivity contribution in [2.45, 2.75) is 126 Å². The van der Waals surface area contributed by atoms with Crippen molar-refractivity contribution in [1.29, 1.82) is 0 Å². The molecule has 0 spiro atoms. The van der Waals surface area contributed by atoms with Gasteiger partial charge in [-0.05, 0) is 62.7 Å². The molecular weight excluding hydrogens is 491 g/mol. The van der Waals surface area contributed by atoms with E-state index in [1.54, 1.807) is 0 Å². The lowest BCUT2D eigenvalue weighted by Gasteiger charge is -2.23. The van der Waals surface area contributed by atoms with Gasteiger partial charge < -0.3 is 4.57 Å². The first-order valence-corrected chi connectivity index (χ1v) is 16.1. The minimum absolute atomic E-state index is 0.198. The van der Waals surface area contributed by atoms with Gasteiger partial charge in [0.1, 0.15) is 0 Å². The summed E-state index contributed by atoms with van der Waals surface area (Å²) in [4.78, 5) is 4.10. The van der Waals surface area contributed by atoms with Crippen molar-refractivity contribution in [3.05, 3.63) is 65.6 Å². The van der Waals surface area contributed by atoms with Crippen LogP contribution in [0.5, 0.6) is 0 Å². The second kappa shape index (κ2) is 14.7. The maximum absolute atomic E-state index is 4.10. The fourth-order valence-corrected chi connectivity index (χ4v) is 6.95. The number of nitrogens with zero attached hydrogens (tertiary/aromatic N) is 2. The summed E-state index contributed by atoms with van der Waals surface area (Å²) in [5, 5.41) is 2.35. The van der Waals surface area contributed by atoms with Crippen LogP contribution in [0.25, 0.3) is 0 Å². The van der Waals surface area contributed by atoms with Crippen molar-refractivity contribution >= 4 is 28.3 Å². The van der Waals surface area contributed by atoms with Crippen molar-refractivity contribution in [3.63, 3.8) is 0 Å². The highest BCUT2D eigenvalue weighted by atomic mass is 32.1. The summed E-state index contributed by atoms with van der Waals surface area (Å²) in [6.07, 6.45) is 9.81. The summed E-state index contributed by atoms with van der Waals surface area (Å²) in [5.41, 5.74) is 4.76. The minimum atomic E-state index is 0.198. The number of imidazole rings is 1. The topological polar surface area (TPSA) is 17.8 Å². The van der Waals surface area contributed by atoms with E-state index in [1.165, 1.54) is 40.6 Å². The smallest absolute Gasteiger partial charge is 0.224 e. The van der Waals surface area contributed by atoms with E-state index in [4.69, 9.17) is 0 Å². The number of benzene rings is 1. The fourth-order valence-electron chi connectivity index (χ4n) is 5.52. The molecule has 3 aromatic rings. The zero-order valence-electron chi connectivity index (χ0n) is 27.2. The predicted octanol–water partition coefficient (Wildman–Crippen LogP) is 9.34. The summed E-state index contributed by atoms with van der Waals surface area (Å²) in [7, 11) is 0. The Bertz CT molecular complexity index is 1080. The summed E-state index contributed by atoms with van der Waals surface area (Å²) >= 11 is 1.92. The Morgan fingerprint density at radius 2 is 1.56 bits per heavy atom. The van der Waals surface area contributed by atoms with E-state index in [-0.39, 0.29) is 10.8 Å². The average Bonchev–Trinajstić information content (AvgIpc) is 3.50. The molecule has 0 aliphatic carbocycles. The SMILES string of the molecule is CC(C)B(c1cccc(C(C)(C)C)c1)c1cc(C(C)(C)C)cs1.CCC(CC(C)CC(C)C)Cn1ccnc1. The molecule has 0 saturated heterocycles. The van der Waals surface area contributed by atoms with Gasteiger partial charge in [-0.15, -0.1) is 0 Å². The molecule has 2 unspecified atom stereocenters. The lowest BCUT2D eigenvalue weighted by Crippen LogP contribution is -2.43. The number of aromatic nitrogens is 2. The van der Waals surface area contributed by atoms with E-state index in [0.717, 1.165) is 24.3 Å². The van der Waals surface area contributed by atoms with E-state index in [1.807, 2.05) is 23.9 Å². The van der Waals surface area contributed by atoms with Gasteiger partial charge in [0, 0.05) is 18.9 Å². The molecule has 0 N–H and O–H groups in total. The largest absolute Gasteiger partial charge is 0.337 e. The molecule has 0 aliphatic rings. The Morgan fingerprint density at radius 1 is 0.897 bits per heavy atom. The fraction of sp³-hybridized carbons (Fsp3) is 0.629. The standard InChI is InChI=1S/C21H31BS.C14H26N2/c1-15(2)22(19-13-17(14-23-19)21(6,7)8)18-11-9-10-16(12-18)20(3,4)5;1-5-14(9-13(4)8-12(2)3)10-16-7-6-15-11-16/h9-15H,1-8H3;6-7,11-14H,5,8-10H2,1-4H3. The van der Waals surface area contributed by atoms with Crippen LogP contribution in [0, 0.1) is 17.8 Å². The molecule has 216 valence electrons. The molecule has 4 heteroatoms. The van der Waals surface area contributed by atoms with Crippen LogP contribution in [0.15, 0.2) is 54.4 Å². The van der Waals surface area contributed by atoms with E-state index < -0.39 is 0 Å². The second-order valence-corrected chi connectivity index (χ2v) is 15.5. The quantitative estimate of drug-likeness (QED) is 0.231. The molecule has 1 aromatic carbocycles. The van der Waals surface area contributed by atoms with Gasteiger partial charge in [-0.2, -0.15) is 11.3 Å². The van der Waals surface area contributed by atoms with E-state index in [0.29, 0.717) is 12.5 Å². The highest BCUT2D eigenvalue weighted by molar-refractivity contribution is 7.24. The number of hydrogen-bond donors (Lipinski definition) is 0. The van der Waals surface area contributed by atoms with Gasteiger partial charge in [0.05, 0.1) is 6.33 Å². The molecule has 0 bridgehead atoms. The van der Waals surface area contributed by atoms with Gasteiger partial charge >= 0.3 is 0 Å². The van der Waals surface area contributed by atoms with Crippen LogP contribution >= 0.6 is 11.3 Å². The molecule has 3 rings (SSSR count). The van der Waals surface area contributed by atoms with Gasteiger partial charge in [-0.3, -0.25) is 0 Å². The predicted molar refractivity (Wildman–Crippen MR) is 178 cm³/mol. The summed E-state index contributed by atoms with van der Waals surface area (Å²) in [6, 6.07) is 11.6. The third-order valence-corrected chi connectivity index (χ3v) is 8.80. The van der Waals surface area contributed by atoms with Crippen LogP contribution in [-0.2, 0) is 17.4 Å². The second-order valence-electron chi connectivity index (χ2n) is 14.6. The van der Waals surface area contributed by atoms with Crippen LogP contribution < -0.4 is 10.2 Å². The Labute approximate surface area is 246 Å². The van der Waals surface area contributed by atoms with E-state index >= 15 is 0 Å². The molecule has 2 heterocycles. The molecule has 0 fully saturated rings. The normalized spacial score (nSPS) is 13.8. The molecule has 2 aromatic heterocycles. The van der Waals surface area contributed by atoms with E-state index in [2.05, 4.69) is 135 Å². The van der Waals surface area contributed by atoms with E-state index in [9.17, 15) is 0 Å². The highest BCUT2D eigenvalue weighted by Gasteiger charge is 2.27. The first-order chi connectivity index (χ1) is 18.1. The van der Waals surface area contributed by atoms with Gasteiger partial charge in [0.2, 0.25) is 6.71 Å². The lowest BCUT2D eigenvalue weighted by atomic mass is 9.37. The molecule has 0 aliphatic heterocycles. The van der Waals surface area contributed by atoms with Crippen molar-refractivity contribution in [2.24, 2.45) is 17.8 Å². The first kappa shape index (κ1) is 33.4. The number of thiophene rings is 1. The zero-order chi connectivity index (χ0) is 29.4. The monoisotopic (exact) mass is 548 g/mol. The van der Waals surface area contributed by atoms with Crippen LogP contribution in [0.4, 0.5) is 0 Å². The van der Waals surface area contributed by atoms with Crippen LogP contribution in [0.3, 0.4) is 0 Å². The van der Waals surface area contributed by atoms with Gasteiger partial charge in [0.25, 0.3) is 0 Å². The molecule has 0 radical (unpaired) electrons. The van der Waals surface area contributed by atoms with Crippen molar-refractivity contribution in [2.75, 3.05) is 0 Å². The van der Waals surface area contributed by atoms with Crippen molar-refractivity contribution in [1.82, 2.24) is 9.55 Å². The highest BCUT2D eigenvalue weighted by Crippen LogP contribution is 2.26. The van der Waals surface area contributed by atoms with Crippen LogP contribution in [-0.4, -0.2) is 16.3 Å². The van der Waals surface area contributed by atoms with Crippen LogP contribution in [0.2, 0.25) is 5.82 Å². The Kier molecular flexibility index (Phi) is 12.6. The zero-order valence-corrected chi connectivity index (χ0v) is 28.0. The van der Waals surface area contributed by atoms with Crippen LogP contribution in [0.1, 0.15) is 113 Å². The molecule has 0 saturated carbocycles. The number of hydrogen-bond acceptors (Lipinski definition) is 2. The lowest BCUT2D eigenvalue weighted by molar-refractivity contribution is 0.307. The minimum Gasteiger partial charge on any atom is -0.337 e. The molecule has 39 heavy (non-hydrogen) atoms. The molecule has 0 amide bonds. The number of rotatable bonds is 10. The maximum Gasteiger partial charge on any atom is 0.224 e. The molecule has 2 atom stereocenters. The third-order valence-electron chi connectivity index (χ3n) is 7.79. The first-order valence-electron chi connectivity index (χ1n) is 15.3. The van der Waals surface area contributed by atoms with Gasteiger partial charge in [0.15, 0.2) is 0 Å². The molecule has 2 nitrogen and oxygen atoms in total. The third kappa shape index (κ3) is 10.9. The Morgan fingerprint density at radius 3 is 2.05 bits per heavy atom. The maximum atomic E-state index is 4.10. The van der Waals surface area contributed by atoms with Crippen molar-refractivity contribution < 1.29 is 0 Å². The molecular formula is C35H57BN2S.